The molecule has 24 heavy (non-hydrogen) atoms. The van der Waals surface area contributed by atoms with E-state index in [1.54, 1.807) is 18.5 Å². The first-order valence-corrected chi connectivity index (χ1v) is 7.64. The number of hydrogen-bond donors (Lipinski definition) is 1. The van der Waals surface area contributed by atoms with Gasteiger partial charge in [-0.25, -0.2) is 0 Å². The van der Waals surface area contributed by atoms with Crippen molar-refractivity contribution in [2.75, 3.05) is 13.1 Å². The van der Waals surface area contributed by atoms with Crippen LogP contribution in [0.1, 0.15) is 23.3 Å². The van der Waals surface area contributed by atoms with E-state index >= 15 is 0 Å². The molecule has 2 fully saturated rings. The number of pyridine rings is 1. The summed E-state index contributed by atoms with van der Waals surface area (Å²) in [5.41, 5.74) is 7.35. The first kappa shape index (κ1) is 18.7. The minimum atomic E-state index is -0.0642. The van der Waals surface area contributed by atoms with E-state index in [0.717, 1.165) is 31.5 Å². The van der Waals surface area contributed by atoms with E-state index in [-0.39, 0.29) is 36.8 Å². The molecule has 4 rings (SSSR count). The summed E-state index contributed by atoms with van der Waals surface area (Å²) in [4.78, 5) is 18.4. The van der Waals surface area contributed by atoms with Crippen LogP contribution in [-0.4, -0.2) is 40.1 Å². The lowest BCUT2D eigenvalue weighted by atomic mass is 9.98. The molecule has 3 heterocycles. The number of likely N-dealkylation sites (tertiary alicyclic amines) is 1. The predicted octanol–water partition coefficient (Wildman–Crippen LogP) is 2.39. The van der Waals surface area contributed by atoms with Gasteiger partial charge in [0.25, 0.3) is 5.91 Å². The number of nitrogens with two attached hydrogens (primary N) is 1. The maximum absolute atomic E-state index is 12.6. The number of rotatable bonds is 2. The van der Waals surface area contributed by atoms with Crippen LogP contribution in [0.5, 0.6) is 0 Å². The van der Waals surface area contributed by atoms with Gasteiger partial charge in [-0.2, -0.15) is 0 Å². The van der Waals surface area contributed by atoms with Gasteiger partial charge >= 0.3 is 0 Å². The van der Waals surface area contributed by atoms with Gasteiger partial charge < -0.3 is 15.2 Å². The molecular formula is C16H20Cl2N4O2. The van der Waals surface area contributed by atoms with Gasteiger partial charge in [-0.15, -0.1) is 24.8 Å². The zero-order valence-corrected chi connectivity index (χ0v) is 14.6. The first-order chi connectivity index (χ1) is 10.7. The molecule has 3 unspecified atom stereocenters. The molecule has 8 heteroatoms. The van der Waals surface area contributed by atoms with Crippen LogP contribution >= 0.6 is 24.8 Å². The van der Waals surface area contributed by atoms with E-state index in [4.69, 9.17) is 10.3 Å². The average Bonchev–Trinajstić information content (AvgIpc) is 3.25. The molecule has 130 valence electrons. The number of nitrogens with zero attached hydrogens (tertiary/aromatic N) is 3. The van der Waals surface area contributed by atoms with Gasteiger partial charge in [0.1, 0.15) is 0 Å². The van der Waals surface area contributed by atoms with Crippen LogP contribution in [0.15, 0.2) is 35.1 Å². The molecule has 2 aromatic heterocycles. The van der Waals surface area contributed by atoms with Crippen molar-refractivity contribution < 1.29 is 9.32 Å². The van der Waals surface area contributed by atoms with Gasteiger partial charge in [0.15, 0.2) is 11.5 Å². The van der Waals surface area contributed by atoms with Crippen molar-refractivity contribution in [1.29, 1.82) is 0 Å². The van der Waals surface area contributed by atoms with Crippen LogP contribution in [0.2, 0.25) is 0 Å². The van der Waals surface area contributed by atoms with Gasteiger partial charge in [-0.3, -0.25) is 9.78 Å². The summed E-state index contributed by atoms with van der Waals surface area (Å²) in [7, 11) is 0. The van der Waals surface area contributed by atoms with Crippen LogP contribution in [0.4, 0.5) is 0 Å². The highest BCUT2D eigenvalue weighted by atomic mass is 35.5. The number of halogens is 2. The van der Waals surface area contributed by atoms with Gasteiger partial charge in [-0.05, 0) is 36.8 Å². The van der Waals surface area contributed by atoms with E-state index in [1.807, 2.05) is 17.0 Å². The summed E-state index contributed by atoms with van der Waals surface area (Å²) in [5.74, 6) is 1.51. The standard InChI is InChI=1S/C16H18N4O2.2ClH/c17-13-2-1-11-8-20(9-12(11)13)16(21)14-7-15(22-19-14)10-3-5-18-6-4-10;;/h3-7,11-13H,1-2,8-9,17H2;2*1H. The SMILES string of the molecule is Cl.Cl.NC1CCC2CN(C(=O)c3cc(-c4ccncc4)on3)CC12. The van der Waals surface area contributed by atoms with Crippen LogP contribution < -0.4 is 5.73 Å². The Kier molecular flexibility index (Phi) is 5.85. The van der Waals surface area contributed by atoms with E-state index in [2.05, 4.69) is 10.1 Å². The van der Waals surface area contributed by atoms with Gasteiger partial charge in [0, 0.05) is 43.2 Å². The predicted molar refractivity (Wildman–Crippen MR) is 94.3 cm³/mol. The van der Waals surface area contributed by atoms with Crippen molar-refractivity contribution in [1.82, 2.24) is 15.0 Å². The zero-order chi connectivity index (χ0) is 15.1. The Hall–Kier alpha value is -1.63. The molecular weight excluding hydrogens is 351 g/mol. The second-order valence-corrected chi connectivity index (χ2v) is 6.19. The molecule has 6 nitrogen and oxygen atoms in total. The highest BCUT2D eigenvalue weighted by molar-refractivity contribution is 5.93. The number of hydrogen-bond acceptors (Lipinski definition) is 5. The third-order valence-electron chi connectivity index (χ3n) is 4.89. The molecule has 2 aliphatic rings. The summed E-state index contributed by atoms with van der Waals surface area (Å²) in [5, 5.41) is 3.93. The molecule has 3 atom stereocenters. The molecule has 2 N–H and O–H groups in total. The second-order valence-electron chi connectivity index (χ2n) is 6.19. The fraction of sp³-hybridized carbons (Fsp3) is 0.438. The third-order valence-corrected chi connectivity index (χ3v) is 4.89. The van der Waals surface area contributed by atoms with Crippen LogP contribution in [0.25, 0.3) is 11.3 Å². The number of fused-ring (bicyclic) bond motifs is 1. The number of carbonyl (C=O) groups is 1. The summed E-state index contributed by atoms with van der Waals surface area (Å²) in [6.45, 7) is 1.52. The lowest BCUT2D eigenvalue weighted by molar-refractivity contribution is 0.0769. The van der Waals surface area contributed by atoms with Crippen LogP contribution in [0.3, 0.4) is 0 Å². The second kappa shape index (κ2) is 7.51. The molecule has 1 aliphatic carbocycles. The van der Waals surface area contributed by atoms with Gasteiger partial charge in [0.2, 0.25) is 0 Å². The van der Waals surface area contributed by atoms with Crippen molar-refractivity contribution in [3.8, 4) is 11.3 Å². The van der Waals surface area contributed by atoms with Crippen molar-refractivity contribution in [3.05, 3.63) is 36.3 Å². The monoisotopic (exact) mass is 370 g/mol. The molecule has 0 radical (unpaired) electrons. The Balaban J connectivity index is 0.00000104. The average molecular weight is 371 g/mol. The Morgan fingerprint density at radius 3 is 2.67 bits per heavy atom. The van der Waals surface area contributed by atoms with Crippen molar-refractivity contribution in [3.63, 3.8) is 0 Å². The Labute approximate surface area is 152 Å². The highest BCUT2D eigenvalue weighted by Gasteiger charge is 2.43. The molecule has 0 bridgehead atoms. The Morgan fingerprint density at radius 2 is 1.96 bits per heavy atom. The highest BCUT2D eigenvalue weighted by Crippen LogP contribution is 2.37. The molecule has 0 aromatic carbocycles. The van der Waals surface area contributed by atoms with Crippen LogP contribution in [0, 0.1) is 11.8 Å². The lowest BCUT2D eigenvalue weighted by Gasteiger charge is -2.17. The molecule has 0 spiro atoms. The minimum Gasteiger partial charge on any atom is -0.355 e. The van der Waals surface area contributed by atoms with E-state index in [9.17, 15) is 4.79 Å². The first-order valence-electron chi connectivity index (χ1n) is 7.64. The summed E-state index contributed by atoms with van der Waals surface area (Å²) >= 11 is 0. The number of aromatic nitrogens is 2. The summed E-state index contributed by atoms with van der Waals surface area (Å²) in [6, 6.07) is 5.58. The van der Waals surface area contributed by atoms with Gasteiger partial charge in [-0.1, -0.05) is 5.16 Å². The van der Waals surface area contributed by atoms with Crippen molar-refractivity contribution in [2.24, 2.45) is 17.6 Å². The molecule has 2 aromatic rings. The Morgan fingerprint density at radius 1 is 1.21 bits per heavy atom. The van der Waals surface area contributed by atoms with E-state index in [0.29, 0.717) is 23.3 Å². The van der Waals surface area contributed by atoms with E-state index < -0.39 is 0 Å². The lowest BCUT2D eigenvalue weighted by Crippen LogP contribution is -2.33. The normalized spacial score (nSPS) is 24.9. The fourth-order valence-corrected chi connectivity index (χ4v) is 3.66. The quantitative estimate of drug-likeness (QED) is 0.876. The van der Waals surface area contributed by atoms with Crippen molar-refractivity contribution >= 4 is 30.7 Å². The number of amides is 1. The summed E-state index contributed by atoms with van der Waals surface area (Å²) in [6.07, 6.45) is 5.56. The fourth-order valence-electron chi connectivity index (χ4n) is 3.66. The Bertz CT molecular complexity index is 694. The molecule has 1 saturated heterocycles. The third kappa shape index (κ3) is 3.27. The topological polar surface area (TPSA) is 85.2 Å². The molecule has 1 saturated carbocycles. The summed E-state index contributed by atoms with van der Waals surface area (Å²) < 4.78 is 5.30. The van der Waals surface area contributed by atoms with Crippen molar-refractivity contribution in [2.45, 2.75) is 18.9 Å². The minimum absolute atomic E-state index is 0. The smallest absolute Gasteiger partial charge is 0.276 e. The largest absolute Gasteiger partial charge is 0.355 e. The zero-order valence-electron chi connectivity index (χ0n) is 13.0. The maximum Gasteiger partial charge on any atom is 0.276 e. The molecule has 1 amide bonds. The van der Waals surface area contributed by atoms with Crippen LogP contribution in [-0.2, 0) is 0 Å². The maximum atomic E-state index is 12.6. The molecule has 1 aliphatic heterocycles. The van der Waals surface area contributed by atoms with E-state index in [1.165, 1.54) is 0 Å². The van der Waals surface area contributed by atoms with Gasteiger partial charge in [0.05, 0.1) is 0 Å². The number of carbonyl (C=O) groups excluding carboxylic acids is 1.